The van der Waals surface area contributed by atoms with Crippen molar-refractivity contribution in [2.75, 3.05) is 20.8 Å². The first kappa shape index (κ1) is 36.3. The van der Waals surface area contributed by atoms with Crippen LogP contribution in [0.15, 0.2) is 140 Å². The van der Waals surface area contributed by atoms with Crippen LogP contribution in [-0.4, -0.2) is 51.5 Å². The Morgan fingerprint density at radius 2 is 0.882 bits per heavy atom. The van der Waals surface area contributed by atoms with Crippen LogP contribution < -0.4 is 9.47 Å². The lowest BCUT2D eigenvalue weighted by Gasteiger charge is -2.46. The summed E-state index contributed by atoms with van der Waals surface area (Å²) in [6.07, 6.45) is -3.13. The molecule has 0 bridgehead atoms. The average molecular weight is 691 g/mol. The Labute approximate surface area is 300 Å². The molecule has 51 heavy (non-hydrogen) atoms. The lowest BCUT2D eigenvalue weighted by Crippen LogP contribution is -2.61. The highest BCUT2D eigenvalue weighted by atomic mass is 16.7. The van der Waals surface area contributed by atoms with E-state index in [0.717, 1.165) is 27.8 Å². The Morgan fingerprint density at radius 1 is 0.431 bits per heavy atom. The first-order valence-electron chi connectivity index (χ1n) is 17.3. The molecule has 1 saturated heterocycles. The van der Waals surface area contributed by atoms with Gasteiger partial charge in [0.05, 0.1) is 53.9 Å². The van der Waals surface area contributed by atoms with Gasteiger partial charge in [-0.25, -0.2) is 0 Å². The van der Waals surface area contributed by atoms with E-state index in [0.29, 0.717) is 37.9 Å². The summed E-state index contributed by atoms with van der Waals surface area (Å²) in [4.78, 5) is 0. The molecular formula is C43H46O8. The maximum absolute atomic E-state index is 6.81. The second-order valence-corrected chi connectivity index (χ2v) is 12.3. The van der Waals surface area contributed by atoms with Gasteiger partial charge < -0.3 is 37.9 Å². The van der Waals surface area contributed by atoms with Crippen LogP contribution in [0.2, 0.25) is 0 Å². The minimum absolute atomic E-state index is 0.231. The molecule has 5 atom stereocenters. The molecule has 1 heterocycles. The zero-order valence-electron chi connectivity index (χ0n) is 29.2. The highest BCUT2D eigenvalue weighted by Gasteiger charge is 2.49. The van der Waals surface area contributed by atoms with E-state index in [1.165, 1.54) is 0 Å². The van der Waals surface area contributed by atoms with Crippen molar-refractivity contribution < 1.29 is 37.9 Å². The Morgan fingerprint density at radius 3 is 1.39 bits per heavy atom. The Hall–Kier alpha value is -4.54. The van der Waals surface area contributed by atoms with Gasteiger partial charge in [0.25, 0.3) is 0 Å². The maximum Gasteiger partial charge on any atom is 0.187 e. The van der Waals surface area contributed by atoms with Gasteiger partial charge in [0.2, 0.25) is 0 Å². The molecule has 1 aliphatic heterocycles. The first-order chi connectivity index (χ1) is 25.2. The normalized spacial score (nSPS) is 20.2. The molecule has 6 rings (SSSR count). The second-order valence-electron chi connectivity index (χ2n) is 12.3. The van der Waals surface area contributed by atoms with Crippen molar-refractivity contribution in [1.29, 1.82) is 0 Å². The van der Waals surface area contributed by atoms with Crippen LogP contribution in [0.5, 0.6) is 11.5 Å². The van der Waals surface area contributed by atoms with E-state index in [1.54, 1.807) is 14.2 Å². The fourth-order valence-corrected chi connectivity index (χ4v) is 6.03. The Kier molecular flexibility index (Phi) is 13.6. The number of rotatable bonds is 18. The lowest BCUT2D eigenvalue weighted by atomic mass is 9.97. The molecule has 8 nitrogen and oxygen atoms in total. The van der Waals surface area contributed by atoms with Crippen LogP contribution in [-0.2, 0) is 61.5 Å². The summed E-state index contributed by atoms with van der Waals surface area (Å²) in [6, 6.07) is 46.0. The van der Waals surface area contributed by atoms with Crippen molar-refractivity contribution in [3.63, 3.8) is 0 Å². The highest BCUT2D eigenvalue weighted by Crippen LogP contribution is 2.33. The summed E-state index contributed by atoms with van der Waals surface area (Å²) in [5.41, 5.74) is 5.05. The molecule has 0 aromatic heterocycles. The van der Waals surface area contributed by atoms with Gasteiger partial charge in [0.1, 0.15) is 24.4 Å². The summed E-state index contributed by atoms with van der Waals surface area (Å²) in [6.45, 7) is 1.94. The largest absolute Gasteiger partial charge is 0.493 e. The molecule has 1 fully saturated rings. The van der Waals surface area contributed by atoms with E-state index >= 15 is 0 Å². The highest BCUT2D eigenvalue weighted by molar-refractivity contribution is 5.42. The van der Waals surface area contributed by atoms with E-state index in [-0.39, 0.29) is 13.2 Å². The summed E-state index contributed by atoms with van der Waals surface area (Å²) >= 11 is 0. The zero-order chi connectivity index (χ0) is 35.1. The monoisotopic (exact) mass is 690 g/mol. The molecule has 1 aliphatic rings. The molecule has 0 radical (unpaired) electrons. The van der Waals surface area contributed by atoms with Crippen LogP contribution in [0, 0.1) is 0 Å². The van der Waals surface area contributed by atoms with E-state index in [4.69, 9.17) is 37.9 Å². The molecule has 0 amide bonds. The fraction of sp³-hybridized carbons (Fsp3) is 0.302. The molecule has 266 valence electrons. The van der Waals surface area contributed by atoms with Crippen molar-refractivity contribution >= 4 is 0 Å². The summed E-state index contributed by atoms with van der Waals surface area (Å²) in [7, 11) is 3.23. The maximum atomic E-state index is 6.81. The van der Waals surface area contributed by atoms with Gasteiger partial charge in [-0.05, 0) is 39.9 Å². The minimum atomic E-state index is -0.815. The quantitative estimate of drug-likeness (QED) is 0.0919. The third-order valence-corrected chi connectivity index (χ3v) is 8.70. The van der Waals surface area contributed by atoms with Gasteiger partial charge in [-0.1, -0.05) is 127 Å². The third-order valence-electron chi connectivity index (χ3n) is 8.70. The van der Waals surface area contributed by atoms with E-state index in [2.05, 4.69) is 0 Å². The van der Waals surface area contributed by atoms with Gasteiger partial charge in [-0.3, -0.25) is 0 Å². The Balaban J connectivity index is 1.31. The molecule has 0 spiro atoms. The van der Waals surface area contributed by atoms with Gasteiger partial charge >= 0.3 is 0 Å². The van der Waals surface area contributed by atoms with Crippen molar-refractivity contribution in [3.05, 3.63) is 167 Å². The van der Waals surface area contributed by atoms with Gasteiger partial charge in [0.15, 0.2) is 17.8 Å². The summed E-state index contributed by atoms with van der Waals surface area (Å²) in [5.74, 6) is 1.26. The van der Waals surface area contributed by atoms with E-state index in [1.807, 2.05) is 140 Å². The van der Waals surface area contributed by atoms with Crippen LogP contribution in [0.25, 0.3) is 0 Å². The minimum Gasteiger partial charge on any atom is -0.493 e. The van der Waals surface area contributed by atoms with Crippen molar-refractivity contribution in [2.45, 2.75) is 63.7 Å². The predicted molar refractivity (Wildman–Crippen MR) is 194 cm³/mol. The van der Waals surface area contributed by atoms with Crippen molar-refractivity contribution in [3.8, 4) is 11.5 Å². The molecule has 5 aromatic carbocycles. The third kappa shape index (κ3) is 10.5. The van der Waals surface area contributed by atoms with Crippen molar-refractivity contribution in [1.82, 2.24) is 0 Å². The molecule has 0 aliphatic carbocycles. The van der Waals surface area contributed by atoms with Gasteiger partial charge in [0, 0.05) is 0 Å². The molecule has 0 unspecified atom stereocenters. The number of hydrogen-bond acceptors (Lipinski definition) is 8. The van der Waals surface area contributed by atoms with E-state index in [9.17, 15) is 0 Å². The second kappa shape index (κ2) is 19.2. The molecule has 0 saturated carbocycles. The average Bonchev–Trinajstić information content (AvgIpc) is 3.19. The number of ether oxygens (including phenoxy) is 8. The first-order valence-corrected chi connectivity index (χ1v) is 17.3. The predicted octanol–water partition coefficient (Wildman–Crippen LogP) is 7.92. The van der Waals surface area contributed by atoms with Crippen molar-refractivity contribution in [2.24, 2.45) is 0 Å². The topological polar surface area (TPSA) is 73.8 Å². The SMILES string of the molecule is COc1ccc(CO[C@H]2O[C@H](COCc3ccccc3)[C@@H](OCc3ccccc3)[C@H](OCc3ccccc3)[C@H]2OCc2ccccc2)cc1OC. The van der Waals surface area contributed by atoms with Crippen LogP contribution >= 0.6 is 0 Å². The number of hydrogen-bond donors (Lipinski definition) is 0. The molecule has 8 heteroatoms. The Bertz CT molecular complexity index is 1700. The fourth-order valence-electron chi connectivity index (χ4n) is 6.03. The molecular weight excluding hydrogens is 644 g/mol. The van der Waals surface area contributed by atoms with Crippen LogP contribution in [0.3, 0.4) is 0 Å². The molecule has 5 aromatic rings. The number of methoxy groups -OCH3 is 2. The zero-order valence-corrected chi connectivity index (χ0v) is 29.2. The van der Waals surface area contributed by atoms with Gasteiger partial charge in [-0.2, -0.15) is 0 Å². The standard InChI is InChI=1S/C43H46O8/c1-44-37-24-23-36(25-38(37)45-2)30-50-43-42(49-29-35-21-13-6-14-22-35)41(48-28-34-19-11-5-12-20-34)40(47-27-33-17-9-4-10-18-33)39(51-43)31-46-26-32-15-7-3-8-16-32/h3-25,39-43H,26-31H2,1-2H3/t39-,40-,41+,42-,43+/m1/s1. The smallest absolute Gasteiger partial charge is 0.187 e. The van der Waals surface area contributed by atoms with E-state index < -0.39 is 30.7 Å². The summed E-state index contributed by atoms with van der Waals surface area (Å²) in [5, 5.41) is 0. The number of benzene rings is 5. The molecule has 0 N–H and O–H groups in total. The lowest BCUT2D eigenvalue weighted by molar-refractivity contribution is -0.330. The summed E-state index contributed by atoms with van der Waals surface area (Å²) < 4.78 is 51.0. The van der Waals surface area contributed by atoms with Gasteiger partial charge in [-0.15, -0.1) is 0 Å². The van der Waals surface area contributed by atoms with Crippen LogP contribution in [0.1, 0.15) is 27.8 Å². The van der Waals surface area contributed by atoms with Crippen LogP contribution in [0.4, 0.5) is 0 Å².